The van der Waals surface area contributed by atoms with Gasteiger partial charge < -0.3 is 19.3 Å². The second-order valence-corrected chi connectivity index (χ2v) is 12.3. The summed E-state index contributed by atoms with van der Waals surface area (Å²) in [5.41, 5.74) is 18.4. The van der Waals surface area contributed by atoms with Crippen LogP contribution in [0.5, 0.6) is 0 Å². The van der Waals surface area contributed by atoms with Crippen molar-refractivity contribution in [3.63, 3.8) is 0 Å². The summed E-state index contributed by atoms with van der Waals surface area (Å²) < 4.78 is 11.8. The van der Waals surface area contributed by atoms with Gasteiger partial charge in [0.25, 0.3) is 0 Å². The van der Waals surface area contributed by atoms with Gasteiger partial charge in [0.1, 0.15) is 11.2 Å². The van der Waals surface area contributed by atoms with Crippen molar-refractivity contribution in [2.24, 2.45) is 0 Å². The minimum Gasteiger partial charge on any atom is -0.455 e. The minimum absolute atomic E-state index is 0.680. The molecule has 0 radical (unpaired) electrons. The molecule has 0 bridgehead atoms. The summed E-state index contributed by atoms with van der Waals surface area (Å²) in [6.45, 7) is 0.680. The van der Waals surface area contributed by atoms with Crippen molar-refractivity contribution in [1.29, 1.82) is 0 Å². The number of nitrogen functional groups attached to an aromatic ring is 1. The van der Waals surface area contributed by atoms with Crippen LogP contribution in [0.15, 0.2) is 156 Å². The predicted molar refractivity (Wildman–Crippen MR) is 196 cm³/mol. The van der Waals surface area contributed by atoms with Crippen LogP contribution in [0.3, 0.4) is 0 Å². The zero-order valence-corrected chi connectivity index (χ0v) is 25.5. The van der Waals surface area contributed by atoms with E-state index in [1.54, 1.807) is 0 Å². The van der Waals surface area contributed by atoms with Gasteiger partial charge in [-0.3, -0.25) is 0 Å². The van der Waals surface area contributed by atoms with E-state index in [2.05, 4.69) is 155 Å². The van der Waals surface area contributed by atoms with E-state index >= 15 is 0 Å². The molecule has 10 aromatic rings. The molecule has 0 unspecified atom stereocenters. The van der Waals surface area contributed by atoms with Crippen LogP contribution in [-0.4, -0.2) is 9.13 Å². The monoisotopic (exact) mass is 603 g/mol. The first-order valence-electron chi connectivity index (χ1n) is 16.0. The van der Waals surface area contributed by atoms with Gasteiger partial charge in [0.05, 0.1) is 16.4 Å². The Morgan fingerprint density at radius 3 is 1.85 bits per heavy atom. The molecule has 222 valence electrons. The van der Waals surface area contributed by atoms with Gasteiger partial charge in [-0.15, -0.1) is 0 Å². The van der Waals surface area contributed by atoms with Crippen LogP contribution < -0.4 is 5.73 Å². The molecule has 0 saturated heterocycles. The highest BCUT2D eigenvalue weighted by molar-refractivity contribution is 6.25. The van der Waals surface area contributed by atoms with E-state index in [4.69, 9.17) is 10.2 Å². The Morgan fingerprint density at radius 1 is 0.468 bits per heavy atom. The quantitative estimate of drug-likeness (QED) is 0.203. The van der Waals surface area contributed by atoms with Crippen LogP contribution in [-0.2, 0) is 6.54 Å². The molecule has 4 nitrogen and oxygen atoms in total. The Labute approximate surface area is 270 Å². The maximum Gasteiger partial charge on any atom is 0.145 e. The Hall–Kier alpha value is -6.26. The van der Waals surface area contributed by atoms with Gasteiger partial charge >= 0.3 is 0 Å². The van der Waals surface area contributed by atoms with Crippen LogP contribution in [0.1, 0.15) is 5.56 Å². The second kappa shape index (κ2) is 9.87. The molecule has 0 fully saturated rings. The van der Waals surface area contributed by atoms with Gasteiger partial charge in [-0.25, -0.2) is 0 Å². The van der Waals surface area contributed by atoms with Crippen molar-refractivity contribution in [1.82, 2.24) is 9.13 Å². The molecule has 7 aromatic carbocycles. The van der Waals surface area contributed by atoms with Crippen molar-refractivity contribution in [2.75, 3.05) is 5.73 Å². The van der Waals surface area contributed by atoms with Crippen LogP contribution in [0.4, 0.5) is 5.69 Å². The number of aromatic nitrogens is 2. The largest absolute Gasteiger partial charge is 0.455 e. The smallest absolute Gasteiger partial charge is 0.145 e. The molecule has 3 heterocycles. The summed E-state index contributed by atoms with van der Waals surface area (Å²) in [7, 11) is 0. The first-order valence-corrected chi connectivity index (χ1v) is 16.0. The maximum absolute atomic E-state index is 7.02. The number of anilines is 1. The standard InChI is InChI=1S/C43H29N3O/c44-35-20-10-12-27(26-45-36-21-7-4-15-29(36)30-16-5-8-22-37(30)45)40(35)34-19-11-18-31-32-24-25-39-41(43(32)47-42(31)34)33-17-6-9-23-38(33)46(39)28-13-2-1-3-14-28/h1-25H,26,44H2. The van der Waals surface area contributed by atoms with Gasteiger partial charge in [-0.1, -0.05) is 103 Å². The summed E-state index contributed by atoms with van der Waals surface area (Å²) in [5, 5.41) is 6.99. The first-order chi connectivity index (χ1) is 23.3. The van der Waals surface area contributed by atoms with Crippen LogP contribution >= 0.6 is 0 Å². The highest BCUT2D eigenvalue weighted by Gasteiger charge is 2.22. The molecule has 0 aliphatic carbocycles. The van der Waals surface area contributed by atoms with Gasteiger partial charge in [-0.2, -0.15) is 0 Å². The number of rotatable bonds is 4. The molecule has 4 heteroatoms. The molecule has 0 atom stereocenters. The number of hydrogen-bond acceptors (Lipinski definition) is 2. The molecular weight excluding hydrogens is 574 g/mol. The van der Waals surface area contributed by atoms with E-state index in [9.17, 15) is 0 Å². The number of hydrogen-bond donors (Lipinski definition) is 1. The molecule has 0 spiro atoms. The fourth-order valence-electron chi connectivity index (χ4n) is 7.78. The third-order valence-corrected chi connectivity index (χ3v) is 9.78. The average molecular weight is 604 g/mol. The third kappa shape index (κ3) is 3.70. The molecule has 0 aliphatic rings. The summed E-state index contributed by atoms with van der Waals surface area (Å²) in [5.74, 6) is 0. The minimum atomic E-state index is 0.680. The van der Waals surface area contributed by atoms with Crippen LogP contribution in [0.25, 0.3) is 82.4 Å². The first kappa shape index (κ1) is 26.0. The number of nitrogens with zero attached hydrogens (tertiary/aromatic N) is 2. The number of nitrogens with two attached hydrogens (primary N) is 1. The Kier molecular flexibility index (Phi) is 5.46. The molecular formula is C43H29N3O. The highest BCUT2D eigenvalue weighted by Crippen LogP contribution is 2.44. The average Bonchev–Trinajstić information content (AvgIpc) is 3.77. The fourth-order valence-corrected chi connectivity index (χ4v) is 7.78. The fraction of sp³-hybridized carbons (Fsp3) is 0.0233. The molecule has 10 rings (SSSR count). The van der Waals surface area contributed by atoms with Crippen molar-refractivity contribution < 1.29 is 4.42 Å². The summed E-state index contributed by atoms with van der Waals surface area (Å²) in [6, 6.07) is 53.6. The lowest BCUT2D eigenvalue weighted by atomic mass is 9.95. The molecule has 0 saturated carbocycles. The molecule has 3 aromatic heterocycles. The lowest BCUT2D eigenvalue weighted by molar-refractivity contribution is 0.674. The van der Waals surface area contributed by atoms with Crippen LogP contribution in [0.2, 0.25) is 0 Å². The number of fused-ring (bicyclic) bond motifs is 10. The lowest BCUT2D eigenvalue weighted by Gasteiger charge is -2.15. The zero-order chi connectivity index (χ0) is 31.1. The Balaban J connectivity index is 1.23. The zero-order valence-electron chi connectivity index (χ0n) is 25.5. The Bertz CT molecular complexity index is 2780. The topological polar surface area (TPSA) is 49.0 Å². The van der Waals surface area contributed by atoms with E-state index < -0.39 is 0 Å². The molecule has 0 amide bonds. The van der Waals surface area contributed by atoms with E-state index in [0.29, 0.717) is 6.54 Å². The molecule has 47 heavy (non-hydrogen) atoms. The van der Waals surface area contributed by atoms with E-state index in [1.165, 1.54) is 27.2 Å². The second-order valence-electron chi connectivity index (χ2n) is 12.3. The number of furan rings is 1. The van der Waals surface area contributed by atoms with Gasteiger partial charge in [0.15, 0.2) is 0 Å². The van der Waals surface area contributed by atoms with E-state index in [-0.39, 0.29) is 0 Å². The van der Waals surface area contributed by atoms with Gasteiger partial charge in [0, 0.05) is 67.0 Å². The molecule has 0 aliphatic heterocycles. The molecule has 2 N–H and O–H groups in total. The SMILES string of the molecule is Nc1cccc(Cn2c3ccccc3c3ccccc32)c1-c1cccc2c1oc1c2ccc2c1c1ccccc1n2-c1ccccc1. The maximum atomic E-state index is 7.02. The summed E-state index contributed by atoms with van der Waals surface area (Å²) in [4.78, 5) is 0. The highest BCUT2D eigenvalue weighted by atomic mass is 16.3. The predicted octanol–water partition coefficient (Wildman–Crippen LogP) is 11.1. The Morgan fingerprint density at radius 2 is 1.09 bits per heavy atom. The number of para-hydroxylation sites is 5. The van der Waals surface area contributed by atoms with Gasteiger partial charge in [-0.05, 0) is 54.1 Å². The normalized spacial score (nSPS) is 12.0. The van der Waals surface area contributed by atoms with E-state index in [0.717, 1.165) is 66.4 Å². The summed E-state index contributed by atoms with van der Waals surface area (Å²) in [6.07, 6.45) is 0. The number of benzene rings is 7. The third-order valence-electron chi connectivity index (χ3n) is 9.78. The van der Waals surface area contributed by atoms with Crippen molar-refractivity contribution >= 4 is 71.2 Å². The van der Waals surface area contributed by atoms with Gasteiger partial charge in [0.2, 0.25) is 0 Å². The van der Waals surface area contributed by atoms with Crippen molar-refractivity contribution in [3.8, 4) is 16.8 Å². The van der Waals surface area contributed by atoms with E-state index in [1.807, 2.05) is 6.07 Å². The van der Waals surface area contributed by atoms with Crippen molar-refractivity contribution in [3.05, 3.63) is 157 Å². The lowest BCUT2D eigenvalue weighted by Crippen LogP contribution is -2.03. The van der Waals surface area contributed by atoms with Crippen LogP contribution in [0, 0.1) is 0 Å². The van der Waals surface area contributed by atoms with Crippen molar-refractivity contribution in [2.45, 2.75) is 6.54 Å². The summed E-state index contributed by atoms with van der Waals surface area (Å²) >= 11 is 0.